The summed E-state index contributed by atoms with van der Waals surface area (Å²) in [6, 6.07) is 10.0. The van der Waals surface area contributed by atoms with Crippen molar-refractivity contribution in [1.82, 2.24) is 20.2 Å². The van der Waals surface area contributed by atoms with Gasteiger partial charge in [-0.3, -0.25) is 0 Å². The van der Waals surface area contributed by atoms with Gasteiger partial charge in [-0.2, -0.15) is 8.78 Å². The molecule has 6 nitrogen and oxygen atoms in total. The van der Waals surface area contributed by atoms with Crippen LogP contribution in [0.1, 0.15) is 44.7 Å². The van der Waals surface area contributed by atoms with Gasteiger partial charge in [0.2, 0.25) is 5.95 Å². The summed E-state index contributed by atoms with van der Waals surface area (Å²) in [4.78, 5) is 8.50. The van der Waals surface area contributed by atoms with Gasteiger partial charge in [-0.25, -0.2) is 9.97 Å². The maximum Gasteiger partial charge on any atom is 0.314 e. The molecule has 136 valence electrons. The van der Waals surface area contributed by atoms with Crippen molar-refractivity contribution in [2.75, 3.05) is 5.32 Å². The van der Waals surface area contributed by atoms with E-state index in [-0.39, 0.29) is 17.3 Å². The van der Waals surface area contributed by atoms with Gasteiger partial charge in [0, 0.05) is 12.4 Å². The van der Waals surface area contributed by atoms with Crippen molar-refractivity contribution in [2.24, 2.45) is 5.41 Å². The summed E-state index contributed by atoms with van der Waals surface area (Å²) in [5.41, 5.74) is 1.41. The molecule has 0 saturated carbocycles. The Hall–Kier alpha value is -2.90. The third-order valence-electron chi connectivity index (χ3n) is 3.80. The highest BCUT2D eigenvalue weighted by molar-refractivity contribution is 5.50. The number of alkyl halides is 2. The van der Waals surface area contributed by atoms with E-state index in [9.17, 15) is 8.78 Å². The number of benzene rings is 1. The van der Waals surface area contributed by atoms with Crippen LogP contribution in [0.3, 0.4) is 0 Å². The quantitative estimate of drug-likeness (QED) is 0.714. The molecule has 0 radical (unpaired) electrons. The molecule has 2 heterocycles. The number of hydrogen-bond acceptors (Lipinski definition) is 6. The van der Waals surface area contributed by atoms with Crippen molar-refractivity contribution in [2.45, 2.75) is 33.2 Å². The smallest absolute Gasteiger partial charge is 0.314 e. The second kappa shape index (κ2) is 7.15. The number of aromatic nitrogens is 4. The maximum atomic E-state index is 12.5. The Morgan fingerprint density at radius 2 is 1.65 bits per heavy atom. The van der Waals surface area contributed by atoms with Crippen LogP contribution < -0.4 is 5.32 Å². The molecule has 1 atom stereocenters. The van der Waals surface area contributed by atoms with Crippen molar-refractivity contribution in [3.8, 4) is 11.5 Å². The summed E-state index contributed by atoms with van der Waals surface area (Å²) in [5.74, 6) is -0.340. The van der Waals surface area contributed by atoms with Crippen LogP contribution in [0.2, 0.25) is 0 Å². The largest absolute Gasteiger partial charge is 0.415 e. The lowest BCUT2D eigenvalue weighted by Gasteiger charge is -2.32. The van der Waals surface area contributed by atoms with E-state index in [4.69, 9.17) is 4.42 Å². The molecule has 0 fully saturated rings. The van der Waals surface area contributed by atoms with Gasteiger partial charge in [-0.05, 0) is 11.0 Å². The fourth-order valence-electron chi connectivity index (χ4n) is 2.53. The summed E-state index contributed by atoms with van der Waals surface area (Å²) in [5, 5.41) is 10.2. The highest BCUT2D eigenvalue weighted by atomic mass is 19.3. The number of nitrogens with one attached hydrogen (secondary N) is 1. The molecule has 0 aliphatic heterocycles. The molecular weight excluding hydrogens is 340 g/mol. The lowest BCUT2D eigenvalue weighted by molar-refractivity contribution is 0.116. The van der Waals surface area contributed by atoms with E-state index in [2.05, 4.69) is 46.3 Å². The van der Waals surface area contributed by atoms with Gasteiger partial charge in [0.25, 0.3) is 11.8 Å². The lowest BCUT2D eigenvalue weighted by atomic mass is 9.82. The second-order valence-corrected chi connectivity index (χ2v) is 6.90. The second-order valence-electron chi connectivity index (χ2n) is 6.90. The van der Waals surface area contributed by atoms with Crippen LogP contribution in [0.15, 0.2) is 47.1 Å². The molecule has 2 aromatic heterocycles. The molecule has 1 N–H and O–H groups in total. The minimum atomic E-state index is -2.81. The fourth-order valence-corrected chi connectivity index (χ4v) is 2.53. The molecule has 26 heavy (non-hydrogen) atoms. The first-order valence-corrected chi connectivity index (χ1v) is 8.10. The Morgan fingerprint density at radius 3 is 2.19 bits per heavy atom. The molecule has 1 unspecified atom stereocenters. The van der Waals surface area contributed by atoms with E-state index in [0.29, 0.717) is 11.5 Å². The molecule has 1 aromatic carbocycles. The number of rotatable bonds is 5. The zero-order valence-corrected chi connectivity index (χ0v) is 14.6. The number of anilines is 1. The summed E-state index contributed by atoms with van der Waals surface area (Å²) >= 11 is 0. The van der Waals surface area contributed by atoms with Crippen molar-refractivity contribution >= 4 is 5.95 Å². The minimum Gasteiger partial charge on any atom is -0.415 e. The van der Waals surface area contributed by atoms with Gasteiger partial charge in [-0.1, -0.05) is 51.1 Å². The highest BCUT2D eigenvalue weighted by Gasteiger charge is 2.27. The Balaban J connectivity index is 1.81. The summed E-state index contributed by atoms with van der Waals surface area (Å²) in [7, 11) is 0. The predicted octanol–water partition coefficient (Wildman–Crippen LogP) is 4.66. The van der Waals surface area contributed by atoms with Gasteiger partial charge in [0.05, 0.1) is 11.6 Å². The molecule has 0 bridgehead atoms. The molecule has 8 heteroatoms. The summed E-state index contributed by atoms with van der Waals surface area (Å²) in [6.45, 7) is 6.36. The van der Waals surface area contributed by atoms with Gasteiger partial charge < -0.3 is 9.73 Å². The third-order valence-corrected chi connectivity index (χ3v) is 3.80. The Morgan fingerprint density at radius 1 is 1.00 bits per heavy atom. The van der Waals surface area contributed by atoms with Crippen molar-refractivity contribution in [3.05, 3.63) is 54.2 Å². The van der Waals surface area contributed by atoms with Crippen LogP contribution >= 0.6 is 0 Å². The summed E-state index contributed by atoms with van der Waals surface area (Å²) < 4.78 is 30.0. The van der Waals surface area contributed by atoms with Crippen LogP contribution in [-0.4, -0.2) is 20.2 Å². The Bertz CT molecular complexity index is 844. The molecule has 3 rings (SSSR count). The molecule has 3 aromatic rings. The van der Waals surface area contributed by atoms with E-state index in [1.54, 1.807) is 0 Å². The van der Waals surface area contributed by atoms with Crippen LogP contribution in [0.4, 0.5) is 14.7 Å². The highest BCUT2D eigenvalue weighted by Crippen LogP contribution is 2.35. The molecule has 0 aliphatic carbocycles. The minimum absolute atomic E-state index is 0.0107. The molecular formula is C18H19F2N5O. The lowest BCUT2D eigenvalue weighted by Crippen LogP contribution is -2.26. The van der Waals surface area contributed by atoms with Crippen molar-refractivity contribution in [3.63, 3.8) is 0 Å². The monoisotopic (exact) mass is 359 g/mol. The first kappa shape index (κ1) is 17.9. The van der Waals surface area contributed by atoms with E-state index in [0.717, 1.165) is 5.56 Å². The molecule has 0 amide bonds. The topological polar surface area (TPSA) is 76.7 Å². The van der Waals surface area contributed by atoms with Gasteiger partial charge in [-0.15, -0.1) is 10.2 Å². The molecule has 0 spiro atoms. The zero-order chi connectivity index (χ0) is 18.7. The van der Waals surface area contributed by atoms with Gasteiger partial charge in [0.1, 0.15) is 0 Å². The zero-order valence-electron chi connectivity index (χ0n) is 14.6. The van der Waals surface area contributed by atoms with Crippen LogP contribution in [0.5, 0.6) is 0 Å². The van der Waals surface area contributed by atoms with Crippen molar-refractivity contribution in [1.29, 1.82) is 0 Å². The van der Waals surface area contributed by atoms with E-state index < -0.39 is 12.3 Å². The van der Waals surface area contributed by atoms with Crippen LogP contribution in [0.25, 0.3) is 11.5 Å². The average molecular weight is 359 g/mol. The summed E-state index contributed by atoms with van der Waals surface area (Å²) in [6.07, 6.45) is 0.113. The standard InChI is InChI=1S/C18H19F2N5O/c1-18(2,3)13(11-7-5-4-6-8-11)23-17-21-9-12(10-22-17)15-24-25-16(26-15)14(19)20/h4-10,13-14H,1-3H3,(H,21,22,23). The number of halogens is 2. The first-order valence-electron chi connectivity index (χ1n) is 8.10. The average Bonchev–Trinajstić information content (AvgIpc) is 3.10. The predicted molar refractivity (Wildman–Crippen MR) is 92.5 cm³/mol. The normalized spacial score (nSPS) is 13.0. The van der Waals surface area contributed by atoms with Gasteiger partial charge >= 0.3 is 6.43 Å². The Kier molecular flexibility index (Phi) is 4.92. The first-order chi connectivity index (χ1) is 12.3. The number of nitrogens with zero attached hydrogens (tertiary/aromatic N) is 4. The van der Waals surface area contributed by atoms with E-state index in [1.165, 1.54) is 12.4 Å². The third kappa shape index (κ3) is 4.01. The molecule has 0 saturated heterocycles. The Labute approximate surface area is 149 Å². The SMILES string of the molecule is CC(C)(C)C(Nc1ncc(-c2nnc(C(F)F)o2)cn1)c1ccccc1. The molecule has 0 aliphatic rings. The van der Waals surface area contributed by atoms with Crippen LogP contribution in [-0.2, 0) is 0 Å². The van der Waals surface area contributed by atoms with Crippen LogP contribution in [0, 0.1) is 5.41 Å². The maximum absolute atomic E-state index is 12.5. The fraction of sp³-hybridized carbons (Fsp3) is 0.333. The van der Waals surface area contributed by atoms with Crippen molar-refractivity contribution < 1.29 is 13.2 Å². The van der Waals surface area contributed by atoms with E-state index >= 15 is 0 Å². The van der Waals surface area contributed by atoms with Gasteiger partial charge in [0.15, 0.2) is 0 Å². The number of hydrogen-bond donors (Lipinski definition) is 1. The van der Waals surface area contributed by atoms with E-state index in [1.807, 2.05) is 30.3 Å².